The number of nitrogens with one attached hydrogen (secondary N) is 1. The summed E-state index contributed by atoms with van der Waals surface area (Å²) in [5.41, 5.74) is 3.81. The summed E-state index contributed by atoms with van der Waals surface area (Å²) >= 11 is 0. The highest BCUT2D eigenvalue weighted by Crippen LogP contribution is 2.51. The van der Waals surface area contributed by atoms with Crippen LogP contribution in [0.1, 0.15) is 56.5 Å². The lowest BCUT2D eigenvalue weighted by Gasteiger charge is -2.30. The second kappa shape index (κ2) is 9.34. The predicted octanol–water partition coefficient (Wildman–Crippen LogP) is 6.01. The molecule has 0 atom stereocenters. The van der Waals surface area contributed by atoms with E-state index in [0.29, 0.717) is 11.3 Å². The molecule has 1 saturated carbocycles. The standard InChI is InChI=1S/C30H32N2O4/c1-19(2)32(20(3)4)28(33)22-10-8-21(9-11-22)23-6-5-7-25(16-23)31-29(34)30(14-15-30)24-12-13-26-27(17-24)36-18-35-26/h5-13,16-17,19-20H,14-15,18H2,1-4H3,(H,31,34). The molecule has 1 heterocycles. The average molecular weight is 485 g/mol. The largest absolute Gasteiger partial charge is 0.454 e. The Labute approximate surface area is 212 Å². The Hall–Kier alpha value is -3.80. The van der Waals surface area contributed by atoms with E-state index < -0.39 is 5.41 Å². The number of fused-ring (bicyclic) bond motifs is 1. The molecule has 0 spiro atoms. The Kier molecular flexibility index (Phi) is 6.20. The lowest BCUT2D eigenvalue weighted by molar-refractivity contribution is -0.118. The number of hydrogen-bond acceptors (Lipinski definition) is 4. The normalized spacial score (nSPS) is 15.2. The number of anilines is 1. The van der Waals surface area contributed by atoms with Crippen molar-refractivity contribution >= 4 is 17.5 Å². The van der Waals surface area contributed by atoms with Crippen LogP contribution in [-0.4, -0.2) is 35.6 Å². The van der Waals surface area contributed by atoms with Crippen molar-refractivity contribution < 1.29 is 19.1 Å². The highest BCUT2D eigenvalue weighted by atomic mass is 16.7. The van der Waals surface area contributed by atoms with E-state index in [2.05, 4.69) is 5.32 Å². The van der Waals surface area contributed by atoms with Gasteiger partial charge in [0.2, 0.25) is 12.7 Å². The SMILES string of the molecule is CC(C)N(C(=O)c1ccc(-c2cccc(NC(=O)C3(c4ccc5c(c4)OCO5)CC3)c2)cc1)C(C)C. The van der Waals surface area contributed by atoms with Crippen molar-refractivity contribution in [1.29, 1.82) is 0 Å². The fraction of sp³-hybridized carbons (Fsp3) is 0.333. The first-order valence-electron chi connectivity index (χ1n) is 12.5. The van der Waals surface area contributed by atoms with Crippen LogP contribution < -0.4 is 14.8 Å². The topological polar surface area (TPSA) is 67.9 Å². The van der Waals surface area contributed by atoms with Crippen LogP contribution >= 0.6 is 0 Å². The molecule has 1 N–H and O–H groups in total. The van der Waals surface area contributed by atoms with Gasteiger partial charge in [-0.15, -0.1) is 0 Å². The van der Waals surface area contributed by atoms with Gasteiger partial charge in [-0.05, 0) is 93.6 Å². The Morgan fingerprint density at radius 1 is 0.833 bits per heavy atom. The zero-order valence-electron chi connectivity index (χ0n) is 21.2. The lowest BCUT2D eigenvalue weighted by Crippen LogP contribution is -2.42. The Morgan fingerprint density at radius 3 is 2.19 bits per heavy atom. The van der Waals surface area contributed by atoms with Crippen molar-refractivity contribution in [2.75, 3.05) is 12.1 Å². The molecule has 0 aromatic heterocycles. The van der Waals surface area contributed by atoms with Crippen molar-refractivity contribution in [1.82, 2.24) is 4.90 Å². The molecule has 36 heavy (non-hydrogen) atoms. The number of carbonyl (C=O) groups excluding carboxylic acids is 2. The molecule has 1 aliphatic carbocycles. The molecule has 6 nitrogen and oxygen atoms in total. The summed E-state index contributed by atoms with van der Waals surface area (Å²) in [6, 6.07) is 21.5. The van der Waals surface area contributed by atoms with E-state index in [-0.39, 0.29) is 30.7 Å². The maximum atomic E-state index is 13.3. The van der Waals surface area contributed by atoms with E-state index >= 15 is 0 Å². The first-order valence-corrected chi connectivity index (χ1v) is 12.5. The Morgan fingerprint density at radius 2 is 1.53 bits per heavy atom. The molecule has 1 fully saturated rings. The maximum absolute atomic E-state index is 13.3. The van der Waals surface area contributed by atoms with Crippen molar-refractivity contribution in [2.45, 2.75) is 58.0 Å². The van der Waals surface area contributed by atoms with Gasteiger partial charge in [0.05, 0.1) is 5.41 Å². The van der Waals surface area contributed by atoms with E-state index in [1.54, 1.807) is 0 Å². The molecule has 2 aliphatic rings. The van der Waals surface area contributed by atoms with Gasteiger partial charge >= 0.3 is 0 Å². The number of amides is 2. The van der Waals surface area contributed by atoms with Crippen molar-refractivity contribution in [3.63, 3.8) is 0 Å². The van der Waals surface area contributed by atoms with E-state index in [4.69, 9.17) is 9.47 Å². The molecule has 5 rings (SSSR count). The molecular formula is C30H32N2O4. The van der Waals surface area contributed by atoms with Gasteiger partial charge < -0.3 is 19.7 Å². The first kappa shape index (κ1) is 23.9. The zero-order valence-corrected chi connectivity index (χ0v) is 21.2. The number of hydrogen-bond donors (Lipinski definition) is 1. The van der Waals surface area contributed by atoms with E-state index in [0.717, 1.165) is 41.0 Å². The van der Waals surface area contributed by atoms with Crippen LogP contribution in [0.4, 0.5) is 5.69 Å². The number of carbonyl (C=O) groups is 2. The molecule has 2 amide bonds. The summed E-state index contributed by atoms with van der Waals surface area (Å²) in [5.74, 6) is 1.43. The quantitative estimate of drug-likeness (QED) is 0.446. The molecule has 3 aromatic carbocycles. The molecule has 6 heteroatoms. The third kappa shape index (κ3) is 4.43. The lowest BCUT2D eigenvalue weighted by atomic mass is 9.94. The maximum Gasteiger partial charge on any atom is 0.254 e. The van der Waals surface area contributed by atoms with Gasteiger partial charge in [0, 0.05) is 23.3 Å². The smallest absolute Gasteiger partial charge is 0.254 e. The number of rotatable bonds is 7. The van der Waals surface area contributed by atoms with Gasteiger partial charge in [-0.1, -0.05) is 30.3 Å². The summed E-state index contributed by atoms with van der Waals surface area (Å²) in [7, 11) is 0. The monoisotopic (exact) mass is 484 g/mol. The highest BCUT2D eigenvalue weighted by molar-refractivity contribution is 6.02. The summed E-state index contributed by atoms with van der Waals surface area (Å²) in [6.45, 7) is 8.34. The summed E-state index contributed by atoms with van der Waals surface area (Å²) in [4.78, 5) is 28.2. The van der Waals surface area contributed by atoms with Crippen LogP contribution in [-0.2, 0) is 10.2 Å². The molecule has 0 bridgehead atoms. The fourth-order valence-corrected chi connectivity index (χ4v) is 5.01. The van der Waals surface area contributed by atoms with Crippen LogP contribution in [0, 0.1) is 0 Å². The molecular weight excluding hydrogens is 452 g/mol. The summed E-state index contributed by atoms with van der Waals surface area (Å²) in [5, 5.41) is 3.12. The van der Waals surface area contributed by atoms with E-state index in [1.807, 2.05) is 99.3 Å². The second-order valence-electron chi connectivity index (χ2n) is 10.2. The molecule has 186 valence electrons. The molecule has 3 aromatic rings. The van der Waals surface area contributed by atoms with Crippen LogP contribution in [0.5, 0.6) is 11.5 Å². The first-order chi connectivity index (χ1) is 17.3. The van der Waals surface area contributed by atoms with Crippen LogP contribution in [0.2, 0.25) is 0 Å². The fourth-order valence-electron chi connectivity index (χ4n) is 5.01. The van der Waals surface area contributed by atoms with Gasteiger partial charge in [0.1, 0.15) is 0 Å². The Bertz CT molecular complexity index is 1280. The predicted molar refractivity (Wildman–Crippen MR) is 140 cm³/mol. The van der Waals surface area contributed by atoms with Crippen molar-refractivity contribution in [2.24, 2.45) is 0 Å². The van der Waals surface area contributed by atoms with Gasteiger partial charge in [-0.25, -0.2) is 0 Å². The summed E-state index contributed by atoms with van der Waals surface area (Å²) < 4.78 is 10.9. The van der Waals surface area contributed by atoms with Crippen molar-refractivity contribution in [3.05, 3.63) is 77.9 Å². The van der Waals surface area contributed by atoms with Gasteiger partial charge in [0.25, 0.3) is 5.91 Å². The third-order valence-corrected chi connectivity index (χ3v) is 7.04. The van der Waals surface area contributed by atoms with E-state index in [9.17, 15) is 9.59 Å². The van der Waals surface area contributed by atoms with Gasteiger partial charge in [0.15, 0.2) is 11.5 Å². The third-order valence-electron chi connectivity index (χ3n) is 7.04. The number of ether oxygens (including phenoxy) is 2. The van der Waals surface area contributed by atoms with Crippen LogP contribution in [0.25, 0.3) is 11.1 Å². The zero-order chi connectivity index (χ0) is 25.4. The van der Waals surface area contributed by atoms with Crippen molar-refractivity contribution in [3.8, 4) is 22.6 Å². The van der Waals surface area contributed by atoms with Crippen LogP contribution in [0.3, 0.4) is 0 Å². The number of nitrogens with zero attached hydrogens (tertiary/aromatic N) is 1. The number of benzene rings is 3. The Balaban J connectivity index is 1.31. The molecule has 0 unspecified atom stereocenters. The minimum atomic E-state index is -0.530. The average Bonchev–Trinajstić information content (AvgIpc) is 3.54. The molecule has 1 aliphatic heterocycles. The molecule has 0 radical (unpaired) electrons. The second-order valence-corrected chi connectivity index (χ2v) is 10.2. The van der Waals surface area contributed by atoms with E-state index in [1.165, 1.54) is 0 Å². The highest BCUT2D eigenvalue weighted by Gasteiger charge is 2.51. The minimum Gasteiger partial charge on any atom is -0.454 e. The molecule has 0 saturated heterocycles. The summed E-state index contributed by atoms with van der Waals surface area (Å²) in [6.07, 6.45) is 1.61. The minimum absolute atomic E-state index is 0.0121. The van der Waals surface area contributed by atoms with Crippen LogP contribution in [0.15, 0.2) is 66.7 Å². The van der Waals surface area contributed by atoms with Gasteiger partial charge in [-0.2, -0.15) is 0 Å². The van der Waals surface area contributed by atoms with Gasteiger partial charge in [-0.3, -0.25) is 9.59 Å².